The molecule has 1 fully saturated rings. The molecule has 1 heterocycles. The van der Waals surface area contributed by atoms with Crippen LogP contribution in [0, 0.1) is 5.92 Å². The lowest BCUT2D eigenvalue weighted by molar-refractivity contribution is 0.0682. The van der Waals surface area contributed by atoms with Crippen molar-refractivity contribution in [3.63, 3.8) is 0 Å². The minimum absolute atomic E-state index is 0.138. The maximum Gasteiger partial charge on any atom is 0.341 e. The van der Waals surface area contributed by atoms with E-state index in [0.717, 1.165) is 19.3 Å². The molecule has 1 aliphatic carbocycles. The Morgan fingerprint density at radius 3 is 3.06 bits per heavy atom. The van der Waals surface area contributed by atoms with E-state index in [1.807, 2.05) is 0 Å². The number of carboxylic acids is 1. The Kier molecular flexibility index (Phi) is 3.61. The number of hydrogen-bond acceptors (Lipinski definition) is 3. The maximum atomic E-state index is 11.0. The van der Waals surface area contributed by atoms with Crippen molar-refractivity contribution in [1.82, 2.24) is 4.98 Å². The second-order valence-corrected chi connectivity index (χ2v) is 4.69. The van der Waals surface area contributed by atoms with Crippen LogP contribution >= 0.6 is 0 Å². The molecule has 1 N–H and O–H groups in total. The summed E-state index contributed by atoms with van der Waals surface area (Å²) in [6.07, 6.45) is 7.44. The number of nitrogens with zero attached hydrogens (tertiary/aromatic N) is 1. The van der Waals surface area contributed by atoms with Gasteiger partial charge in [-0.1, -0.05) is 13.3 Å². The largest absolute Gasteiger partial charge is 0.489 e. The first-order chi connectivity index (χ1) is 8.16. The Balaban J connectivity index is 2.10. The van der Waals surface area contributed by atoms with Gasteiger partial charge in [0.05, 0.1) is 6.10 Å². The smallest absolute Gasteiger partial charge is 0.341 e. The second kappa shape index (κ2) is 5.17. The van der Waals surface area contributed by atoms with E-state index < -0.39 is 5.97 Å². The lowest BCUT2D eigenvalue weighted by atomic mass is 9.88. The van der Waals surface area contributed by atoms with Crippen LogP contribution in [0.4, 0.5) is 0 Å². The van der Waals surface area contributed by atoms with Crippen molar-refractivity contribution in [3.05, 3.63) is 24.0 Å². The molecule has 0 amide bonds. The summed E-state index contributed by atoms with van der Waals surface area (Å²) in [5.74, 6) is 0.104. The molecule has 4 nitrogen and oxygen atoms in total. The fraction of sp³-hybridized carbons (Fsp3) is 0.538. The number of rotatable bonds is 3. The summed E-state index contributed by atoms with van der Waals surface area (Å²) < 4.78 is 5.80. The van der Waals surface area contributed by atoms with E-state index in [-0.39, 0.29) is 11.7 Å². The van der Waals surface area contributed by atoms with E-state index in [0.29, 0.717) is 11.7 Å². The molecule has 0 bridgehead atoms. The highest BCUT2D eigenvalue weighted by Crippen LogP contribution is 2.28. The average Bonchev–Trinajstić information content (AvgIpc) is 2.29. The highest BCUT2D eigenvalue weighted by Gasteiger charge is 2.22. The van der Waals surface area contributed by atoms with Crippen molar-refractivity contribution < 1.29 is 14.6 Å². The molecule has 92 valence electrons. The number of aromatic nitrogens is 1. The first kappa shape index (κ1) is 11.9. The van der Waals surface area contributed by atoms with Gasteiger partial charge in [-0.3, -0.25) is 4.98 Å². The Morgan fingerprint density at radius 2 is 2.35 bits per heavy atom. The van der Waals surface area contributed by atoms with E-state index in [1.54, 1.807) is 12.3 Å². The minimum Gasteiger partial charge on any atom is -0.489 e. The van der Waals surface area contributed by atoms with Gasteiger partial charge in [0.2, 0.25) is 0 Å². The second-order valence-electron chi connectivity index (χ2n) is 4.69. The van der Waals surface area contributed by atoms with Crippen LogP contribution in [0.3, 0.4) is 0 Å². The van der Waals surface area contributed by atoms with Crippen LogP contribution in [0.2, 0.25) is 0 Å². The van der Waals surface area contributed by atoms with E-state index in [2.05, 4.69) is 11.9 Å². The molecule has 1 aromatic rings. The van der Waals surface area contributed by atoms with E-state index >= 15 is 0 Å². The number of carbonyl (C=O) groups is 1. The van der Waals surface area contributed by atoms with Crippen molar-refractivity contribution in [3.8, 4) is 5.75 Å². The quantitative estimate of drug-likeness (QED) is 0.875. The molecule has 1 saturated carbocycles. The molecule has 0 aliphatic heterocycles. The monoisotopic (exact) mass is 235 g/mol. The van der Waals surface area contributed by atoms with Gasteiger partial charge in [-0.15, -0.1) is 0 Å². The Bertz CT molecular complexity index is 405. The summed E-state index contributed by atoms with van der Waals surface area (Å²) in [4.78, 5) is 14.8. The molecule has 4 heteroatoms. The third kappa shape index (κ3) is 2.96. The summed E-state index contributed by atoms with van der Waals surface area (Å²) in [5, 5.41) is 9.03. The molecule has 2 rings (SSSR count). The Labute approximate surface area is 101 Å². The Morgan fingerprint density at radius 1 is 1.53 bits per heavy atom. The van der Waals surface area contributed by atoms with Gasteiger partial charge in [-0.05, 0) is 31.2 Å². The van der Waals surface area contributed by atoms with Gasteiger partial charge in [-0.25, -0.2) is 4.79 Å². The fourth-order valence-corrected chi connectivity index (χ4v) is 2.31. The maximum absolute atomic E-state index is 11.0. The molecule has 2 unspecified atom stereocenters. The predicted octanol–water partition coefficient (Wildman–Crippen LogP) is 2.74. The molecule has 1 aromatic heterocycles. The summed E-state index contributed by atoms with van der Waals surface area (Å²) >= 11 is 0. The molecular weight excluding hydrogens is 218 g/mol. The lowest BCUT2D eigenvalue weighted by Crippen LogP contribution is -2.24. The van der Waals surface area contributed by atoms with Crippen LogP contribution in [-0.4, -0.2) is 22.2 Å². The lowest BCUT2D eigenvalue weighted by Gasteiger charge is -2.27. The first-order valence-corrected chi connectivity index (χ1v) is 6.00. The summed E-state index contributed by atoms with van der Waals surface area (Å²) in [6.45, 7) is 2.21. The predicted molar refractivity (Wildman–Crippen MR) is 63.2 cm³/mol. The topological polar surface area (TPSA) is 59.4 Å². The third-order valence-electron chi connectivity index (χ3n) is 3.19. The van der Waals surface area contributed by atoms with Crippen LogP contribution in [-0.2, 0) is 0 Å². The first-order valence-electron chi connectivity index (χ1n) is 6.00. The van der Waals surface area contributed by atoms with Crippen molar-refractivity contribution >= 4 is 5.97 Å². The number of hydrogen-bond donors (Lipinski definition) is 1. The zero-order chi connectivity index (χ0) is 12.3. The molecule has 17 heavy (non-hydrogen) atoms. The zero-order valence-electron chi connectivity index (χ0n) is 9.93. The highest BCUT2D eigenvalue weighted by atomic mass is 16.5. The normalized spacial score (nSPS) is 24.3. The molecule has 0 radical (unpaired) electrons. The van der Waals surface area contributed by atoms with Gasteiger partial charge in [0, 0.05) is 12.4 Å². The van der Waals surface area contributed by atoms with Gasteiger partial charge < -0.3 is 9.84 Å². The van der Waals surface area contributed by atoms with Crippen LogP contribution in [0.25, 0.3) is 0 Å². The van der Waals surface area contributed by atoms with Crippen LogP contribution in [0.1, 0.15) is 43.0 Å². The van der Waals surface area contributed by atoms with Crippen molar-refractivity contribution in [2.45, 2.75) is 38.7 Å². The van der Waals surface area contributed by atoms with Crippen molar-refractivity contribution in [1.29, 1.82) is 0 Å². The van der Waals surface area contributed by atoms with Gasteiger partial charge in [0.25, 0.3) is 0 Å². The molecule has 0 saturated heterocycles. The summed E-state index contributed by atoms with van der Waals surface area (Å²) in [5.41, 5.74) is 0.144. The van der Waals surface area contributed by atoms with Gasteiger partial charge >= 0.3 is 5.97 Å². The molecular formula is C13H17NO3. The van der Waals surface area contributed by atoms with Crippen molar-refractivity contribution in [2.24, 2.45) is 5.92 Å². The SMILES string of the molecule is CC1CCCC(Oc2ccncc2C(=O)O)C1. The number of aromatic carboxylic acids is 1. The standard InChI is InChI=1S/C13H17NO3/c1-9-3-2-4-10(7-9)17-12-5-6-14-8-11(12)13(15)16/h5-6,8-10H,2-4,7H2,1H3,(H,15,16). The zero-order valence-corrected chi connectivity index (χ0v) is 9.93. The van der Waals surface area contributed by atoms with Crippen molar-refractivity contribution in [2.75, 3.05) is 0 Å². The molecule has 2 atom stereocenters. The van der Waals surface area contributed by atoms with Gasteiger partial charge in [-0.2, -0.15) is 0 Å². The molecule has 1 aliphatic rings. The molecule has 0 spiro atoms. The van der Waals surface area contributed by atoms with E-state index in [9.17, 15) is 4.79 Å². The third-order valence-corrected chi connectivity index (χ3v) is 3.19. The highest BCUT2D eigenvalue weighted by molar-refractivity contribution is 5.90. The number of ether oxygens (including phenoxy) is 1. The number of carboxylic acid groups (broad SMARTS) is 1. The average molecular weight is 235 g/mol. The minimum atomic E-state index is -0.989. The van der Waals surface area contributed by atoms with Gasteiger partial charge in [0.1, 0.15) is 11.3 Å². The Hall–Kier alpha value is -1.58. The number of pyridine rings is 1. The van der Waals surface area contributed by atoms with Crippen LogP contribution in [0.5, 0.6) is 5.75 Å². The van der Waals surface area contributed by atoms with E-state index in [4.69, 9.17) is 9.84 Å². The summed E-state index contributed by atoms with van der Waals surface area (Å²) in [6, 6.07) is 1.63. The van der Waals surface area contributed by atoms with E-state index in [1.165, 1.54) is 12.6 Å². The van der Waals surface area contributed by atoms with Crippen LogP contribution < -0.4 is 4.74 Å². The fourth-order valence-electron chi connectivity index (χ4n) is 2.31. The molecule has 0 aromatic carbocycles. The van der Waals surface area contributed by atoms with Gasteiger partial charge in [0.15, 0.2) is 0 Å². The van der Waals surface area contributed by atoms with Crippen LogP contribution in [0.15, 0.2) is 18.5 Å². The summed E-state index contributed by atoms with van der Waals surface area (Å²) in [7, 11) is 0.